The van der Waals surface area contributed by atoms with Crippen LogP contribution < -0.4 is 0 Å². The largest absolute Gasteiger partial charge is 0.0656 e. The Labute approximate surface area is 178 Å². The Morgan fingerprint density at radius 1 is 0.296 bits per heavy atom. The van der Waals surface area contributed by atoms with Crippen LogP contribution in [0.4, 0.5) is 0 Å². The van der Waals surface area contributed by atoms with Gasteiger partial charge in [0.2, 0.25) is 0 Å². The van der Waals surface area contributed by atoms with Gasteiger partial charge in [-0.15, -0.1) is 0 Å². The first-order chi connectivity index (χ1) is 12.2. The highest BCUT2D eigenvalue weighted by atomic mass is 14.0. The Morgan fingerprint density at radius 2 is 0.370 bits per heavy atom. The third-order valence-electron chi connectivity index (χ3n) is 2.83. The molecule has 0 atom stereocenters. The lowest BCUT2D eigenvalue weighted by atomic mass is 10.0. The average Bonchev–Trinajstić information content (AvgIpc) is 2.36. The first-order valence-electron chi connectivity index (χ1n) is 12.2. The Balaban J connectivity index is -0.0000000782. The summed E-state index contributed by atoms with van der Waals surface area (Å²) in [5, 5.41) is 0. The molecule has 0 saturated heterocycles. The van der Waals surface area contributed by atoms with E-state index < -0.39 is 0 Å². The van der Waals surface area contributed by atoms with Crippen LogP contribution in [0.2, 0.25) is 0 Å². The quantitative estimate of drug-likeness (QED) is 0.424. The van der Waals surface area contributed by atoms with Crippen molar-refractivity contribution >= 4 is 0 Å². The third kappa shape index (κ3) is 104. The fraction of sp³-hybridized carbons (Fsp3) is 1.00. The predicted octanol–water partition coefficient (Wildman–Crippen LogP) is 10.9. The molecule has 0 aliphatic heterocycles. The summed E-state index contributed by atoms with van der Waals surface area (Å²) in [5.74, 6) is 5.25. The van der Waals surface area contributed by atoms with Crippen LogP contribution in [0.3, 0.4) is 0 Å². The van der Waals surface area contributed by atoms with Crippen molar-refractivity contribution in [2.24, 2.45) is 35.5 Å². The van der Waals surface area contributed by atoms with Gasteiger partial charge in [-0.25, -0.2) is 0 Å². The molecule has 0 aromatic heterocycles. The number of hydrogen-bond acceptors (Lipinski definition) is 0. The van der Waals surface area contributed by atoms with Crippen LogP contribution in [0.1, 0.15) is 143 Å². The predicted molar refractivity (Wildman–Crippen MR) is 135 cm³/mol. The van der Waals surface area contributed by atoms with Gasteiger partial charge in [0.1, 0.15) is 0 Å². The third-order valence-corrected chi connectivity index (χ3v) is 2.83. The Kier molecular flexibility index (Phi) is 42.9. The van der Waals surface area contributed by atoms with Gasteiger partial charge in [0, 0.05) is 0 Å². The van der Waals surface area contributed by atoms with E-state index in [2.05, 4.69) is 111 Å². The zero-order chi connectivity index (χ0) is 23.0. The van der Waals surface area contributed by atoms with Crippen molar-refractivity contribution in [2.45, 2.75) is 143 Å². The summed E-state index contributed by atoms with van der Waals surface area (Å²) in [5.41, 5.74) is 0. The SMILES string of the molecule is CC(C)CC(C)C.CC(C)CC(C)C.CC(C)CC(C)C.CCC.CCC. The van der Waals surface area contributed by atoms with E-state index >= 15 is 0 Å². The van der Waals surface area contributed by atoms with E-state index in [4.69, 9.17) is 0 Å². The second-order valence-corrected chi connectivity index (χ2v) is 10.5. The van der Waals surface area contributed by atoms with E-state index in [0.717, 1.165) is 35.5 Å². The molecular formula is C27H64. The number of rotatable bonds is 6. The standard InChI is InChI=1S/3C7H16.2C3H8/c3*1-6(2)5-7(3)4;2*1-3-2/h3*6-7H,5H2,1-4H3;2*3H2,1-2H3. The highest BCUT2D eigenvalue weighted by molar-refractivity contribution is 4.48. The van der Waals surface area contributed by atoms with Crippen molar-refractivity contribution in [2.75, 3.05) is 0 Å². The van der Waals surface area contributed by atoms with Gasteiger partial charge in [0.25, 0.3) is 0 Å². The molecule has 0 N–H and O–H groups in total. The first kappa shape index (κ1) is 37.7. The summed E-state index contributed by atoms with van der Waals surface area (Å²) in [7, 11) is 0. The van der Waals surface area contributed by atoms with E-state index in [1.807, 2.05) is 0 Å². The molecule has 0 amide bonds. The van der Waals surface area contributed by atoms with Crippen molar-refractivity contribution in [1.29, 1.82) is 0 Å². The van der Waals surface area contributed by atoms with Crippen LogP contribution in [0.15, 0.2) is 0 Å². The topological polar surface area (TPSA) is 0 Å². The van der Waals surface area contributed by atoms with Crippen LogP contribution in [0, 0.1) is 35.5 Å². The van der Waals surface area contributed by atoms with Crippen molar-refractivity contribution in [1.82, 2.24) is 0 Å². The molecule has 172 valence electrons. The fourth-order valence-corrected chi connectivity index (χ4v) is 2.83. The van der Waals surface area contributed by atoms with Crippen LogP contribution in [-0.4, -0.2) is 0 Å². The fourth-order valence-electron chi connectivity index (χ4n) is 2.83. The zero-order valence-electron chi connectivity index (χ0n) is 23.0. The van der Waals surface area contributed by atoms with E-state index in [9.17, 15) is 0 Å². The smallest absolute Gasteiger partial charge is 0.0469 e. The molecule has 0 heteroatoms. The average molecular weight is 389 g/mol. The Morgan fingerprint density at radius 3 is 0.370 bits per heavy atom. The maximum absolute atomic E-state index is 2.26. The summed E-state index contributed by atoms with van der Waals surface area (Å²) in [6.45, 7) is 35.7. The van der Waals surface area contributed by atoms with Crippen LogP contribution in [0.25, 0.3) is 0 Å². The van der Waals surface area contributed by atoms with Crippen molar-refractivity contribution < 1.29 is 0 Å². The van der Waals surface area contributed by atoms with Gasteiger partial charge in [0.15, 0.2) is 0 Å². The van der Waals surface area contributed by atoms with Gasteiger partial charge in [-0.2, -0.15) is 0 Å². The summed E-state index contributed by atoms with van der Waals surface area (Å²) >= 11 is 0. The van der Waals surface area contributed by atoms with Gasteiger partial charge >= 0.3 is 0 Å². The van der Waals surface area contributed by atoms with E-state index in [0.29, 0.717) is 0 Å². The highest BCUT2D eigenvalue weighted by Crippen LogP contribution is 2.09. The molecule has 0 aromatic carbocycles. The maximum Gasteiger partial charge on any atom is -0.0469 e. The minimum atomic E-state index is 0.875. The molecule has 0 aromatic rings. The van der Waals surface area contributed by atoms with E-state index in [-0.39, 0.29) is 0 Å². The monoisotopic (exact) mass is 389 g/mol. The molecule has 0 fully saturated rings. The van der Waals surface area contributed by atoms with Gasteiger partial charge in [0.05, 0.1) is 0 Å². The van der Waals surface area contributed by atoms with E-state index in [1.165, 1.54) is 32.1 Å². The van der Waals surface area contributed by atoms with Gasteiger partial charge in [-0.3, -0.25) is 0 Å². The zero-order valence-corrected chi connectivity index (χ0v) is 23.0. The molecule has 0 heterocycles. The lowest BCUT2D eigenvalue weighted by Gasteiger charge is -2.05. The van der Waals surface area contributed by atoms with Crippen molar-refractivity contribution in [3.63, 3.8) is 0 Å². The first-order valence-corrected chi connectivity index (χ1v) is 12.2. The molecular weight excluding hydrogens is 324 g/mol. The molecule has 0 bridgehead atoms. The van der Waals surface area contributed by atoms with Gasteiger partial charge in [-0.1, -0.05) is 124 Å². The Bertz CT molecular complexity index is 143. The molecule has 0 rings (SSSR count). The maximum atomic E-state index is 2.26. The van der Waals surface area contributed by atoms with Crippen LogP contribution in [-0.2, 0) is 0 Å². The minimum absolute atomic E-state index is 0.875. The molecule has 0 nitrogen and oxygen atoms in total. The lowest BCUT2D eigenvalue weighted by Crippen LogP contribution is -1.93. The molecule has 0 unspecified atom stereocenters. The molecule has 0 aliphatic rings. The molecule has 0 spiro atoms. The van der Waals surface area contributed by atoms with Gasteiger partial charge < -0.3 is 0 Å². The van der Waals surface area contributed by atoms with Crippen LogP contribution in [0.5, 0.6) is 0 Å². The summed E-state index contributed by atoms with van der Waals surface area (Å²) in [6, 6.07) is 0. The molecule has 0 radical (unpaired) electrons. The normalized spacial score (nSPS) is 10.0. The molecule has 0 aliphatic carbocycles. The summed E-state index contributed by atoms with van der Waals surface area (Å²) in [6.07, 6.45) is 6.58. The van der Waals surface area contributed by atoms with Crippen molar-refractivity contribution in [3.8, 4) is 0 Å². The van der Waals surface area contributed by atoms with Gasteiger partial charge in [-0.05, 0) is 54.8 Å². The number of hydrogen-bond donors (Lipinski definition) is 0. The minimum Gasteiger partial charge on any atom is -0.0656 e. The molecule has 0 saturated carbocycles. The second-order valence-electron chi connectivity index (χ2n) is 10.5. The second kappa shape index (κ2) is 30.7. The Hall–Kier alpha value is 0. The highest BCUT2D eigenvalue weighted by Gasteiger charge is 1.96. The molecule has 27 heavy (non-hydrogen) atoms. The van der Waals surface area contributed by atoms with E-state index in [1.54, 1.807) is 0 Å². The van der Waals surface area contributed by atoms with Crippen molar-refractivity contribution in [3.05, 3.63) is 0 Å². The summed E-state index contributed by atoms with van der Waals surface area (Å²) in [4.78, 5) is 0. The summed E-state index contributed by atoms with van der Waals surface area (Å²) < 4.78 is 0. The lowest BCUT2D eigenvalue weighted by molar-refractivity contribution is 0.469. The van der Waals surface area contributed by atoms with Crippen LogP contribution >= 0.6 is 0 Å².